The molecule has 2 amide bonds. The molecule has 0 aliphatic carbocycles. The number of hydrogen-bond acceptors (Lipinski definition) is 5. The quantitative estimate of drug-likeness (QED) is 0.814. The van der Waals surface area contributed by atoms with Gasteiger partial charge in [-0.05, 0) is 43.3 Å². The molecule has 1 heterocycles. The molecule has 0 aromatic heterocycles. The molecular weight excluding hydrogens is 348 g/mol. The van der Waals surface area contributed by atoms with E-state index in [0.29, 0.717) is 22.7 Å². The fourth-order valence-electron chi connectivity index (χ4n) is 2.78. The highest BCUT2D eigenvalue weighted by molar-refractivity contribution is 5.98. The molecule has 0 bridgehead atoms. The molecule has 1 aliphatic heterocycles. The first kappa shape index (κ1) is 18.4. The number of likely N-dealkylation sites (N-methyl/N-ethyl adjacent to an activating group) is 1. The second kappa shape index (κ2) is 7.90. The van der Waals surface area contributed by atoms with Crippen LogP contribution in [-0.4, -0.2) is 43.9 Å². The van der Waals surface area contributed by atoms with Gasteiger partial charge in [0.25, 0.3) is 11.8 Å². The van der Waals surface area contributed by atoms with E-state index >= 15 is 0 Å². The Kier molecular flexibility index (Phi) is 5.40. The van der Waals surface area contributed by atoms with Crippen molar-refractivity contribution in [1.82, 2.24) is 5.32 Å². The second-order valence-electron chi connectivity index (χ2n) is 6.06. The van der Waals surface area contributed by atoms with Gasteiger partial charge >= 0.3 is 0 Å². The molecule has 3 rings (SSSR count). The van der Waals surface area contributed by atoms with Crippen molar-refractivity contribution in [3.63, 3.8) is 0 Å². The zero-order chi connectivity index (χ0) is 19.4. The van der Waals surface area contributed by atoms with Crippen LogP contribution >= 0.6 is 0 Å². The molecule has 140 valence electrons. The molecule has 27 heavy (non-hydrogen) atoms. The van der Waals surface area contributed by atoms with Crippen LogP contribution in [0.15, 0.2) is 48.5 Å². The van der Waals surface area contributed by atoms with Crippen molar-refractivity contribution in [2.45, 2.75) is 13.0 Å². The van der Waals surface area contributed by atoms with Crippen molar-refractivity contribution in [1.29, 1.82) is 0 Å². The number of nitrogens with zero attached hydrogens (tertiary/aromatic N) is 1. The zero-order valence-corrected chi connectivity index (χ0v) is 15.1. The minimum absolute atomic E-state index is 0.0391. The van der Waals surface area contributed by atoms with Crippen LogP contribution in [0.5, 0.6) is 11.5 Å². The highest BCUT2D eigenvalue weighted by atomic mass is 16.5. The molecule has 1 atom stereocenters. The standard InChI is InChI=1S/C20H20N2O5/c1-13(23)14-7-9-15(10-8-14)26-12-19(24)22-11-18(20(25)21-2)27-17-6-4-3-5-16(17)22/h3-10,18H,11-12H2,1-2H3,(H,21,25)/t18-/m0/s1. The van der Waals surface area contributed by atoms with Crippen molar-refractivity contribution in [3.8, 4) is 11.5 Å². The summed E-state index contributed by atoms with van der Waals surface area (Å²) in [5.41, 5.74) is 1.17. The topological polar surface area (TPSA) is 84.9 Å². The first-order valence-electron chi connectivity index (χ1n) is 8.51. The molecule has 7 nitrogen and oxygen atoms in total. The molecule has 1 N–H and O–H groups in total. The lowest BCUT2D eigenvalue weighted by Crippen LogP contribution is -2.51. The summed E-state index contributed by atoms with van der Waals surface area (Å²) in [5.74, 6) is 0.315. The van der Waals surface area contributed by atoms with E-state index in [-0.39, 0.29) is 30.7 Å². The highest BCUT2D eigenvalue weighted by Crippen LogP contribution is 2.33. The van der Waals surface area contributed by atoms with Crippen LogP contribution in [-0.2, 0) is 9.59 Å². The summed E-state index contributed by atoms with van der Waals surface area (Å²) in [4.78, 5) is 37.5. The largest absolute Gasteiger partial charge is 0.484 e. The van der Waals surface area contributed by atoms with E-state index < -0.39 is 6.10 Å². The zero-order valence-electron chi connectivity index (χ0n) is 15.1. The summed E-state index contributed by atoms with van der Waals surface area (Å²) < 4.78 is 11.2. The van der Waals surface area contributed by atoms with E-state index in [4.69, 9.17) is 9.47 Å². The van der Waals surface area contributed by atoms with Gasteiger partial charge in [-0.2, -0.15) is 0 Å². The molecule has 7 heteroatoms. The summed E-state index contributed by atoms with van der Waals surface area (Å²) in [5, 5.41) is 2.54. The first-order chi connectivity index (χ1) is 13.0. The van der Waals surface area contributed by atoms with Crippen molar-refractivity contribution in [2.24, 2.45) is 0 Å². The number of hydrogen-bond donors (Lipinski definition) is 1. The Morgan fingerprint density at radius 1 is 1.15 bits per heavy atom. The molecular formula is C20H20N2O5. The number of ketones is 1. The van der Waals surface area contributed by atoms with Crippen molar-refractivity contribution in [3.05, 3.63) is 54.1 Å². The minimum Gasteiger partial charge on any atom is -0.484 e. The summed E-state index contributed by atoms with van der Waals surface area (Å²) in [6.07, 6.45) is -0.788. The number of Topliss-reactive ketones (excluding diaryl/α,β-unsaturated/α-hetero) is 1. The highest BCUT2D eigenvalue weighted by Gasteiger charge is 2.33. The number of fused-ring (bicyclic) bond motifs is 1. The molecule has 0 saturated heterocycles. The molecule has 1 aliphatic rings. The molecule has 0 spiro atoms. The fraction of sp³-hybridized carbons (Fsp3) is 0.250. The number of anilines is 1. The fourth-order valence-corrected chi connectivity index (χ4v) is 2.78. The maximum absolute atomic E-state index is 12.7. The van der Waals surface area contributed by atoms with Crippen LogP contribution in [0, 0.1) is 0 Å². The van der Waals surface area contributed by atoms with Crippen LogP contribution in [0.3, 0.4) is 0 Å². The maximum Gasteiger partial charge on any atom is 0.265 e. The van der Waals surface area contributed by atoms with Gasteiger partial charge in [-0.25, -0.2) is 0 Å². The number of nitrogens with one attached hydrogen (secondary N) is 1. The SMILES string of the molecule is CNC(=O)[C@@H]1CN(C(=O)COc2ccc(C(C)=O)cc2)c2ccccc2O1. The number of benzene rings is 2. The van der Waals surface area contributed by atoms with Gasteiger partial charge in [0.1, 0.15) is 11.5 Å². The summed E-state index contributed by atoms with van der Waals surface area (Å²) in [6, 6.07) is 13.6. The Morgan fingerprint density at radius 3 is 2.52 bits per heavy atom. The van der Waals surface area contributed by atoms with E-state index in [9.17, 15) is 14.4 Å². The third kappa shape index (κ3) is 4.08. The number of rotatable bonds is 5. The minimum atomic E-state index is -0.788. The van der Waals surface area contributed by atoms with Gasteiger partial charge in [-0.1, -0.05) is 12.1 Å². The monoisotopic (exact) mass is 368 g/mol. The van der Waals surface area contributed by atoms with E-state index in [2.05, 4.69) is 5.32 Å². The van der Waals surface area contributed by atoms with Gasteiger partial charge < -0.3 is 19.7 Å². The molecule has 2 aromatic rings. The van der Waals surface area contributed by atoms with Gasteiger partial charge in [0, 0.05) is 12.6 Å². The average Bonchev–Trinajstić information content (AvgIpc) is 2.70. The molecule has 2 aromatic carbocycles. The molecule has 0 saturated carbocycles. The second-order valence-corrected chi connectivity index (χ2v) is 6.06. The number of carbonyl (C=O) groups is 3. The molecule has 0 fully saturated rings. The van der Waals surface area contributed by atoms with Crippen LogP contribution in [0.1, 0.15) is 17.3 Å². The molecule has 0 unspecified atom stereocenters. The van der Waals surface area contributed by atoms with Crippen molar-refractivity contribution < 1.29 is 23.9 Å². The van der Waals surface area contributed by atoms with Gasteiger partial charge in [-0.15, -0.1) is 0 Å². The van der Waals surface area contributed by atoms with Gasteiger partial charge in [0.15, 0.2) is 18.5 Å². The lowest BCUT2D eigenvalue weighted by atomic mass is 10.1. The molecule has 0 radical (unpaired) electrons. The summed E-state index contributed by atoms with van der Waals surface area (Å²) in [6.45, 7) is 1.38. The van der Waals surface area contributed by atoms with E-state index in [1.165, 1.54) is 18.9 Å². The Balaban J connectivity index is 1.72. The summed E-state index contributed by atoms with van der Waals surface area (Å²) in [7, 11) is 1.52. The number of carbonyl (C=O) groups excluding carboxylic acids is 3. The Morgan fingerprint density at radius 2 is 1.85 bits per heavy atom. The van der Waals surface area contributed by atoms with E-state index in [0.717, 1.165) is 0 Å². The summed E-state index contributed by atoms with van der Waals surface area (Å²) >= 11 is 0. The lowest BCUT2D eigenvalue weighted by Gasteiger charge is -2.33. The lowest BCUT2D eigenvalue weighted by molar-refractivity contribution is -0.128. The van der Waals surface area contributed by atoms with Gasteiger partial charge in [0.05, 0.1) is 12.2 Å². The van der Waals surface area contributed by atoms with E-state index in [1.807, 2.05) is 0 Å². The van der Waals surface area contributed by atoms with Crippen LogP contribution < -0.4 is 19.7 Å². The van der Waals surface area contributed by atoms with Crippen molar-refractivity contribution >= 4 is 23.3 Å². The number of para-hydroxylation sites is 2. The third-order valence-corrected chi connectivity index (χ3v) is 4.24. The maximum atomic E-state index is 12.7. The Bertz CT molecular complexity index is 863. The smallest absolute Gasteiger partial charge is 0.265 e. The Hall–Kier alpha value is -3.35. The first-order valence-corrected chi connectivity index (χ1v) is 8.51. The predicted molar refractivity (Wildman–Crippen MR) is 99.2 cm³/mol. The van der Waals surface area contributed by atoms with Crippen molar-refractivity contribution in [2.75, 3.05) is 25.1 Å². The Labute approximate surface area is 156 Å². The average molecular weight is 368 g/mol. The van der Waals surface area contributed by atoms with Crippen LogP contribution in [0.2, 0.25) is 0 Å². The number of amides is 2. The predicted octanol–water partition coefficient (Wildman–Crippen LogP) is 1.81. The van der Waals surface area contributed by atoms with Crippen LogP contribution in [0.4, 0.5) is 5.69 Å². The number of ether oxygens (including phenoxy) is 2. The van der Waals surface area contributed by atoms with Gasteiger partial charge in [-0.3, -0.25) is 14.4 Å². The normalized spacial score (nSPS) is 15.3. The van der Waals surface area contributed by atoms with E-state index in [1.54, 1.807) is 48.5 Å². The van der Waals surface area contributed by atoms with Crippen LogP contribution in [0.25, 0.3) is 0 Å². The van der Waals surface area contributed by atoms with Gasteiger partial charge in [0.2, 0.25) is 0 Å². The third-order valence-electron chi connectivity index (χ3n) is 4.24.